The number of aromatic nitrogens is 1. The predicted molar refractivity (Wildman–Crippen MR) is 70.2 cm³/mol. The van der Waals surface area contributed by atoms with Crippen molar-refractivity contribution in [3.63, 3.8) is 0 Å². The third-order valence-electron chi connectivity index (χ3n) is 3.17. The molecule has 0 aromatic carbocycles. The van der Waals surface area contributed by atoms with Gasteiger partial charge in [-0.1, -0.05) is 0 Å². The van der Waals surface area contributed by atoms with Gasteiger partial charge in [0, 0.05) is 24.3 Å². The molecule has 90 valence electrons. The van der Waals surface area contributed by atoms with E-state index in [9.17, 15) is 0 Å². The van der Waals surface area contributed by atoms with Gasteiger partial charge in [0.25, 0.3) is 0 Å². The van der Waals surface area contributed by atoms with Gasteiger partial charge in [0.15, 0.2) is 0 Å². The highest BCUT2D eigenvalue weighted by Crippen LogP contribution is 2.21. The molecule has 1 aromatic heterocycles. The molecule has 0 spiro atoms. The highest BCUT2D eigenvalue weighted by molar-refractivity contribution is 7.09. The first-order valence-electron chi connectivity index (χ1n) is 5.97. The molecule has 0 N–H and O–H groups in total. The molecule has 16 heavy (non-hydrogen) atoms. The zero-order chi connectivity index (χ0) is 11.4. The van der Waals surface area contributed by atoms with E-state index in [-0.39, 0.29) is 0 Å². The summed E-state index contributed by atoms with van der Waals surface area (Å²) >= 11 is 7.56. The number of thiazole rings is 1. The molecule has 2 rings (SSSR count). The van der Waals surface area contributed by atoms with Crippen molar-refractivity contribution in [2.45, 2.75) is 32.7 Å². The maximum absolute atomic E-state index is 5.82. The van der Waals surface area contributed by atoms with E-state index in [0.717, 1.165) is 24.8 Å². The Hall–Kier alpha value is -0.120. The minimum Gasteiger partial charge on any atom is -0.297 e. The molecule has 1 unspecified atom stereocenters. The van der Waals surface area contributed by atoms with Crippen molar-refractivity contribution in [3.05, 3.63) is 16.1 Å². The Kier molecular flexibility index (Phi) is 4.62. The summed E-state index contributed by atoms with van der Waals surface area (Å²) in [7, 11) is 0. The third-order valence-corrected chi connectivity index (χ3v) is 4.21. The monoisotopic (exact) mass is 258 g/mol. The quantitative estimate of drug-likeness (QED) is 0.771. The first kappa shape index (κ1) is 12.3. The van der Waals surface area contributed by atoms with Gasteiger partial charge in [0.05, 0.1) is 10.7 Å². The van der Waals surface area contributed by atoms with Gasteiger partial charge >= 0.3 is 0 Å². The highest BCUT2D eigenvalue weighted by atomic mass is 35.5. The van der Waals surface area contributed by atoms with Crippen molar-refractivity contribution in [1.82, 2.24) is 9.88 Å². The fraction of sp³-hybridized carbons (Fsp3) is 0.750. The van der Waals surface area contributed by atoms with Crippen LogP contribution < -0.4 is 0 Å². The lowest BCUT2D eigenvalue weighted by Gasteiger charge is -2.31. The average molecular weight is 259 g/mol. The Labute approximate surface area is 107 Å². The summed E-state index contributed by atoms with van der Waals surface area (Å²) in [5.41, 5.74) is 1.23. The zero-order valence-electron chi connectivity index (χ0n) is 9.79. The fourth-order valence-electron chi connectivity index (χ4n) is 2.39. The second-order valence-corrected chi connectivity index (χ2v) is 6.02. The molecule has 1 aliphatic heterocycles. The van der Waals surface area contributed by atoms with Crippen LogP contribution in [-0.4, -0.2) is 28.9 Å². The van der Waals surface area contributed by atoms with Gasteiger partial charge < -0.3 is 0 Å². The van der Waals surface area contributed by atoms with Gasteiger partial charge in [0.1, 0.15) is 0 Å². The summed E-state index contributed by atoms with van der Waals surface area (Å²) in [5, 5.41) is 3.35. The van der Waals surface area contributed by atoms with Crippen LogP contribution in [0, 0.1) is 12.8 Å². The molecule has 2 heterocycles. The molecule has 1 saturated heterocycles. The second-order valence-electron chi connectivity index (χ2n) is 4.58. The molecular formula is C12H19ClN2S. The van der Waals surface area contributed by atoms with Crippen molar-refractivity contribution >= 4 is 22.9 Å². The maximum atomic E-state index is 5.82. The van der Waals surface area contributed by atoms with Gasteiger partial charge in [0.2, 0.25) is 0 Å². The van der Waals surface area contributed by atoms with E-state index in [2.05, 4.69) is 22.2 Å². The number of rotatable bonds is 4. The first-order valence-corrected chi connectivity index (χ1v) is 7.38. The SMILES string of the molecule is Cc1nc(CN2CCCC(CCCl)C2)cs1. The van der Waals surface area contributed by atoms with Gasteiger partial charge in [-0.05, 0) is 38.6 Å². The number of hydrogen-bond donors (Lipinski definition) is 0. The molecule has 0 bridgehead atoms. The van der Waals surface area contributed by atoms with E-state index in [1.807, 2.05) is 0 Å². The lowest BCUT2D eigenvalue weighted by atomic mass is 9.95. The summed E-state index contributed by atoms with van der Waals surface area (Å²) in [6.07, 6.45) is 3.82. The van der Waals surface area contributed by atoms with Crippen molar-refractivity contribution in [2.24, 2.45) is 5.92 Å². The Balaban J connectivity index is 1.85. The minimum absolute atomic E-state index is 0.797. The molecule has 2 nitrogen and oxygen atoms in total. The van der Waals surface area contributed by atoms with E-state index in [4.69, 9.17) is 11.6 Å². The third kappa shape index (κ3) is 3.44. The van der Waals surface area contributed by atoms with Crippen LogP contribution in [0.5, 0.6) is 0 Å². The normalized spacial score (nSPS) is 22.5. The number of hydrogen-bond acceptors (Lipinski definition) is 3. The molecule has 1 aliphatic rings. The number of likely N-dealkylation sites (tertiary alicyclic amines) is 1. The van der Waals surface area contributed by atoms with Crippen LogP contribution in [0.3, 0.4) is 0 Å². The summed E-state index contributed by atoms with van der Waals surface area (Å²) in [5.74, 6) is 1.60. The van der Waals surface area contributed by atoms with Crippen molar-refractivity contribution < 1.29 is 0 Å². The Morgan fingerprint density at radius 2 is 2.50 bits per heavy atom. The van der Waals surface area contributed by atoms with E-state index in [1.165, 1.54) is 36.6 Å². The molecule has 1 atom stereocenters. The van der Waals surface area contributed by atoms with Crippen molar-refractivity contribution in [2.75, 3.05) is 19.0 Å². The van der Waals surface area contributed by atoms with Crippen LogP contribution in [0.2, 0.25) is 0 Å². The van der Waals surface area contributed by atoms with Crippen LogP contribution in [-0.2, 0) is 6.54 Å². The molecular weight excluding hydrogens is 240 g/mol. The molecule has 4 heteroatoms. The average Bonchev–Trinajstić information content (AvgIpc) is 2.65. The predicted octanol–water partition coefficient (Wildman–Crippen LogP) is 3.29. The van der Waals surface area contributed by atoms with Crippen LogP contribution in [0.1, 0.15) is 30.0 Å². The number of nitrogens with zero attached hydrogens (tertiary/aromatic N) is 2. The Morgan fingerprint density at radius 1 is 1.62 bits per heavy atom. The minimum atomic E-state index is 0.797. The van der Waals surface area contributed by atoms with E-state index < -0.39 is 0 Å². The summed E-state index contributed by atoms with van der Waals surface area (Å²) < 4.78 is 0. The summed E-state index contributed by atoms with van der Waals surface area (Å²) in [4.78, 5) is 7.05. The number of alkyl halides is 1. The molecule has 0 saturated carbocycles. The molecule has 1 fully saturated rings. The smallest absolute Gasteiger partial charge is 0.0897 e. The fourth-order valence-corrected chi connectivity index (χ4v) is 3.31. The Morgan fingerprint density at radius 3 is 3.19 bits per heavy atom. The van der Waals surface area contributed by atoms with Crippen molar-refractivity contribution in [3.8, 4) is 0 Å². The van der Waals surface area contributed by atoms with Crippen molar-refractivity contribution in [1.29, 1.82) is 0 Å². The molecule has 0 amide bonds. The lowest BCUT2D eigenvalue weighted by Crippen LogP contribution is -2.35. The van der Waals surface area contributed by atoms with E-state index in [1.54, 1.807) is 11.3 Å². The number of aryl methyl sites for hydroxylation is 1. The lowest BCUT2D eigenvalue weighted by molar-refractivity contribution is 0.164. The number of piperidine rings is 1. The van der Waals surface area contributed by atoms with Crippen LogP contribution in [0.15, 0.2) is 5.38 Å². The zero-order valence-corrected chi connectivity index (χ0v) is 11.4. The first-order chi connectivity index (χ1) is 7.78. The van der Waals surface area contributed by atoms with E-state index >= 15 is 0 Å². The van der Waals surface area contributed by atoms with Gasteiger partial charge in [-0.3, -0.25) is 4.90 Å². The molecule has 1 aromatic rings. The standard InChI is InChI=1S/C12H19ClN2S/c1-10-14-12(9-16-10)8-15-6-2-3-11(7-15)4-5-13/h9,11H,2-8H2,1H3. The van der Waals surface area contributed by atoms with Crippen LogP contribution in [0.4, 0.5) is 0 Å². The largest absolute Gasteiger partial charge is 0.297 e. The van der Waals surface area contributed by atoms with Gasteiger partial charge in [-0.2, -0.15) is 0 Å². The maximum Gasteiger partial charge on any atom is 0.0897 e. The van der Waals surface area contributed by atoms with Crippen LogP contribution in [0.25, 0.3) is 0 Å². The van der Waals surface area contributed by atoms with Gasteiger partial charge in [-0.25, -0.2) is 4.98 Å². The Bertz CT molecular complexity index is 325. The molecule has 0 radical (unpaired) electrons. The summed E-state index contributed by atoms with van der Waals surface area (Å²) in [6, 6.07) is 0. The topological polar surface area (TPSA) is 16.1 Å². The van der Waals surface area contributed by atoms with Gasteiger partial charge in [-0.15, -0.1) is 22.9 Å². The molecule has 0 aliphatic carbocycles. The highest BCUT2D eigenvalue weighted by Gasteiger charge is 2.19. The van der Waals surface area contributed by atoms with Crippen LogP contribution >= 0.6 is 22.9 Å². The second kappa shape index (κ2) is 5.99. The number of halogens is 1. The van der Waals surface area contributed by atoms with E-state index in [0.29, 0.717) is 0 Å². The summed E-state index contributed by atoms with van der Waals surface area (Å²) in [6.45, 7) is 5.50.